The molecule has 0 aliphatic rings. The largest absolute Gasteiger partial charge is 0.504 e. The number of likely N-dealkylation sites (N-methyl/N-ethyl adjacent to an activating group) is 1. The minimum absolute atomic E-state index is 0.129. The zero-order valence-electron chi connectivity index (χ0n) is 8.81. The van der Waals surface area contributed by atoms with Crippen LogP contribution in [-0.2, 0) is 4.79 Å². The number of amides is 1. The Kier molecular flexibility index (Phi) is 4.07. The van der Waals surface area contributed by atoms with Crippen molar-refractivity contribution in [2.24, 2.45) is 5.73 Å². The fourth-order valence-electron chi connectivity index (χ4n) is 1.35. The second-order valence-electron chi connectivity index (χ2n) is 3.07. The maximum Gasteiger partial charge on any atom is 0.240 e. The summed E-state index contributed by atoms with van der Waals surface area (Å²) in [5, 5.41) is 9.36. The molecule has 3 N–H and O–H groups in total. The molecule has 88 valence electrons. The molecule has 0 unspecified atom stereocenters. The predicted octanol–water partition coefficient (Wildman–Crippen LogP) is 0.967. The lowest BCUT2D eigenvalue weighted by Crippen LogP contribution is -2.35. The van der Waals surface area contributed by atoms with Gasteiger partial charge in [0, 0.05) is 22.8 Å². The molecule has 0 aliphatic carbocycles. The Balaban J connectivity index is 3.03. The molecule has 0 aliphatic heterocycles. The number of hydrogen-bond donors (Lipinski definition) is 2. The lowest BCUT2D eigenvalue weighted by molar-refractivity contribution is -0.117. The number of phenolic OH excluding ortho intramolecular Hbond substituents is 1. The van der Waals surface area contributed by atoms with E-state index < -0.39 is 0 Å². The Morgan fingerprint density at radius 1 is 1.62 bits per heavy atom. The first-order chi connectivity index (χ1) is 7.63. The van der Waals surface area contributed by atoms with E-state index in [1.807, 2.05) is 0 Å². The van der Waals surface area contributed by atoms with Crippen LogP contribution in [0.15, 0.2) is 18.2 Å². The highest BCUT2D eigenvalue weighted by Crippen LogP contribution is 2.30. The number of nitrogens with two attached hydrogens (primary N) is 1. The SMILES string of the molecule is CCN(C(=O)CN)c1ccc(OF)c(O)c1. The van der Waals surface area contributed by atoms with Gasteiger partial charge in [0.05, 0.1) is 6.54 Å². The molecule has 0 radical (unpaired) electrons. The van der Waals surface area contributed by atoms with Gasteiger partial charge in [0.1, 0.15) is 0 Å². The van der Waals surface area contributed by atoms with E-state index in [-0.39, 0.29) is 24.0 Å². The van der Waals surface area contributed by atoms with Crippen LogP contribution in [0.1, 0.15) is 6.92 Å². The molecule has 16 heavy (non-hydrogen) atoms. The second-order valence-corrected chi connectivity index (χ2v) is 3.07. The minimum Gasteiger partial charge on any atom is -0.504 e. The van der Waals surface area contributed by atoms with Crippen LogP contribution in [0.5, 0.6) is 11.5 Å². The average molecular weight is 228 g/mol. The molecule has 0 heterocycles. The Labute approximate surface area is 92.1 Å². The van der Waals surface area contributed by atoms with Crippen LogP contribution in [0.2, 0.25) is 0 Å². The number of phenols is 1. The first kappa shape index (κ1) is 12.3. The number of benzene rings is 1. The van der Waals surface area contributed by atoms with Crippen molar-refractivity contribution >= 4 is 11.6 Å². The molecule has 6 heteroatoms. The molecule has 0 saturated heterocycles. The number of rotatable bonds is 4. The van der Waals surface area contributed by atoms with E-state index in [0.29, 0.717) is 12.2 Å². The van der Waals surface area contributed by atoms with Crippen molar-refractivity contribution in [3.63, 3.8) is 0 Å². The van der Waals surface area contributed by atoms with Gasteiger partial charge in [-0.15, -0.1) is 0 Å². The molecule has 0 bridgehead atoms. The quantitative estimate of drug-likeness (QED) is 0.805. The number of halogens is 1. The fraction of sp³-hybridized carbons (Fsp3) is 0.300. The molecule has 1 rings (SSSR count). The van der Waals surface area contributed by atoms with Crippen LogP contribution >= 0.6 is 0 Å². The Morgan fingerprint density at radius 2 is 2.31 bits per heavy atom. The minimum atomic E-state index is -0.372. The summed E-state index contributed by atoms with van der Waals surface area (Å²) in [6.45, 7) is 2.05. The summed E-state index contributed by atoms with van der Waals surface area (Å²) in [5.41, 5.74) is 5.68. The third-order valence-corrected chi connectivity index (χ3v) is 2.13. The Bertz CT molecular complexity index is 384. The van der Waals surface area contributed by atoms with Crippen LogP contribution in [0.3, 0.4) is 0 Å². The van der Waals surface area contributed by atoms with Crippen LogP contribution in [0.4, 0.5) is 10.2 Å². The normalized spacial score (nSPS) is 9.94. The van der Waals surface area contributed by atoms with Gasteiger partial charge in [0.2, 0.25) is 11.7 Å². The van der Waals surface area contributed by atoms with E-state index in [2.05, 4.69) is 4.94 Å². The van der Waals surface area contributed by atoms with Crippen LogP contribution in [0.25, 0.3) is 0 Å². The standard InChI is InChI=1S/C10H13FN2O3/c1-2-13(10(15)6-12)7-3-4-9(16-11)8(14)5-7/h3-5,14H,2,6,12H2,1H3. The lowest BCUT2D eigenvalue weighted by Gasteiger charge is -2.20. The van der Waals surface area contributed by atoms with Gasteiger partial charge >= 0.3 is 0 Å². The maximum atomic E-state index is 11.9. The van der Waals surface area contributed by atoms with Crippen molar-refractivity contribution in [3.8, 4) is 11.5 Å². The number of anilines is 1. The summed E-state index contributed by atoms with van der Waals surface area (Å²) in [6, 6.07) is 3.94. The number of hydrogen-bond acceptors (Lipinski definition) is 4. The van der Waals surface area contributed by atoms with Gasteiger partial charge in [-0.25, -0.2) is 0 Å². The van der Waals surface area contributed by atoms with Crippen molar-refractivity contribution in [1.29, 1.82) is 0 Å². The van der Waals surface area contributed by atoms with Crippen molar-refractivity contribution in [2.45, 2.75) is 6.92 Å². The third kappa shape index (κ3) is 2.40. The molecule has 5 nitrogen and oxygen atoms in total. The zero-order valence-corrected chi connectivity index (χ0v) is 8.81. The van der Waals surface area contributed by atoms with Gasteiger partial charge in [0.25, 0.3) is 0 Å². The molecule has 1 aromatic carbocycles. The monoisotopic (exact) mass is 228 g/mol. The predicted molar refractivity (Wildman–Crippen MR) is 56.9 cm³/mol. The molecule has 1 amide bonds. The summed E-state index contributed by atoms with van der Waals surface area (Å²) in [5.74, 6) is -0.945. The van der Waals surface area contributed by atoms with Gasteiger partial charge in [-0.05, 0) is 19.1 Å². The number of carbonyl (C=O) groups excluding carboxylic acids is 1. The summed E-state index contributed by atoms with van der Waals surface area (Å²) >= 11 is 0. The molecule has 1 aromatic rings. The van der Waals surface area contributed by atoms with Gasteiger partial charge in [-0.2, -0.15) is 0 Å². The van der Waals surface area contributed by atoms with Crippen molar-refractivity contribution in [1.82, 2.24) is 0 Å². The molecular formula is C10H13FN2O3. The van der Waals surface area contributed by atoms with E-state index in [4.69, 9.17) is 5.73 Å². The van der Waals surface area contributed by atoms with E-state index in [0.717, 1.165) is 0 Å². The maximum absolute atomic E-state index is 11.9. The van der Waals surface area contributed by atoms with E-state index >= 15 is 0 Å². The highest BCUT2D eigenvalue weighted by Gasteiger charge is 2.14. The van der Waals surface area contributed by atoms with Crippen molar-refractivity contribution in [3.05, 3.63) is 18.2 Å². The molecule has 0 atom stereocenters. The summed E-state index contributed by atoms with van der Waals surface area (Å²) in [7, 11) is 0. The summed E-state index contributed by atoms with van der Waals surface area (Å²) in [6.07, 6.45) is 0. The van der Waals surface area contributed by atoms with Gasteiger partial charge in [-0.1, -0.05) is 0 Å². The number of carbonyl (C=O) groups is 1. The smallest absolute Gasteiger partial charge is 0.240 e. The third-order valence-electron chi connectivity index (χ3n) is 2.13. The summed E-state index contributed by atoms with van der Waals surface area (Å²) in [4.78, 5) is 16.2. The Hall–Kier alpha value is -1.82. The molecule has 0 saturated carbocycles. The van der Waals surface area contributed by atoms with Crippen molar-refractivity contribution in [2.75, 3.05) is 18.0 Å². The van der Waals surface area contributed by atoms with Gasteiger partial charge < -0.3 is 15.7 Å². The first-order valence-electron chi connectivity index (χ1n) is 4.76. The topological polar surface area (TPSA) is 75.8 Å². The summed E-state index contributed by atoms with van der Waals surface area (Å²) < 4.78 is 11.9. The van der Waals surface area contributed by atoms with E-state index in [1.165, 1.54) is 23.1 Å². The average Bonchev–Trinajstić information content (AvgIpc) is 2.30. The van der Waals surface area contributed by atoms with Crippen LogP contribution in [-0.4, -0.2) is 24.1 Å². The number of aromatic hydroxyl groups is 1. The lowest BCUT2D eigenvalue weighted by atomic mass is 10.2. The van der Waals surface area contributed by atoms with Gasteiger partial charge in [0.15, 0.2) is 5.75 Å². The van der Waals surface area contributed by atoms with Crippen molar-refractivity contribution < 1.29 is 19.4 Å². The molecular weight excluding hydrogens is 215 g/mol. The fourth-order valence-corrected chi connectivity index (χ4v) is 1.35. The Morgan fingerprint density at radius 3 is 2.75 bits per heavy atom. The second kappa shape index (κ2) is 5.32. The van der Waals surface area contributed by atoms with E-state index in [1.54, 1.807) is 6.92 Å². The first-order valence-corrected chi connectivity index (χ1v) is 4.76. The highest BCUT2D eigenvalue weighted by atomic mass is 19.3. The van der Waals surface area contributed by atoms with Crippen LogP contribution in [0, 0.1) is 0 Å². The highest BCUT2D eigenvalue weighted by molar-refractivity contribution is 5.94. The molecule has 0 spiro atoms. The van der Waals surface area contributed by atoms with Crippen LogP contribution < -0.4 is 15.6 Å². The molecule has 0 aromatic heterocycles. The number of nitrogens with zero attached hydrogens (tertiary/aromatic N) is 1. The van der Waals surface area contributed by atoms with Gasteiger partial charge in [-0.3, -0.25) is 9.74 Å². The van der Waals surface area contributed by atoms with E-state index in [9.17, 15) is 14.4 Å². The molecule has 0 fully saturated rings. The zero-order chi connectivity index (χ0) is 12.1.